The van der Waals surface area contributed by atoms with E-state index in [0.717, 1.165) is 23.3 Å². The Labute approximate surface area is 157 Å². The molecule has 140 valence electrons. The van der Waals surface area contributed by atoms with Gasteiger partial charge in [0.2, 0.25) is 0 Å². The summed E-state index contributed by atoms with van der Waals surface area (Å²) in [7, 11) is 0. The maximum absolute atomic E-state index is 12.5. The lowest BCUT2D eigenvalue weighted by molar-refractivity contribution is -0.0498. The Morgan fingerprint density at radius 3 is 2.74 bits per heavy atom. The third-order valence-electron chi connectivity index (χ3n) is 4.16. The summed E-state index contributed by atoms with van der Waals surface area (Å²) in [6.45, 7) is -0.988. The third-order valence-corrected chi connectivity index (χ3v) is 5.05. The number of amides is 1. The van der Waals surface area contributed by atoms with Crippen molar-refractivity contribution in [1.29, 1.82) is 0 Å². The van der Waals surface area contributed by atoms with Crippen LogP contribution in [0.15, 0.2) is 35.0 Å². The number of aryl methyl sites for hydroxylation is 1. The number of hydrogen-bond donors (Lipinski definition) is 1. The first-order valence-corrected chi connectivity index (χ1v) is 9.11. The minimum atomic E-state index is -2.86. The highest BCUT2D eigenvalue weighted by Gasteiger charge is 2.32. The number of benzene rings is 1. The van der Waals surface area contributed by atoms with Gasteiger partial charge in [0.05, 0.1) is 11.9 Å². The van der Waals surface area contributed by atoms with Gasteiger partial charge >= 0.3 is 6.61 Å². The van der Waals surface area contributed by atoms with Crippen molar-refractivity contribution in [2.45, 2.75) is 32.3 Å². The second kappa shape index (κ2) is 7.07. The second-order valence-electron chi connectivity index (χ2n) is 6.16. The number of alkyl halides is 2. The normalized spacial score (nSPS) is 13.8. The molecular formula is C18H15F2N3O3S. The quantitative estimate of drug-likeness (QED) is 0.651. The fraction of sp³-hybridized carbons (Fsp3) is 0.278. The molecule has 1 amide bonds. The van der Waals surface area contributed by atoms with E-state index < -0.39 is 6.61 Å². The Morgan fingerprint density at radius 1 is 1.33 bits per heavy atom. The average Bonchev–Trinajstić information content (AvgIpc) is 3.23. The molecule has 1 N–H and O–H groups in total. The van der Waals surface area contributed by atoms with Crippen molar-refractivity contribution >= 4 is 22.4 Å². The molecule has 0 radical (unpaired) electrons. The van der Waals surface area contributed by atoms with Crippen molar-refractivity contribution in [1.82, 2.24) is 10.1 Å². The van der Waals surface area contributed by atoms with Crippen LogP contribution in [0.4, 0.5) is 13.9 Å². The molecule has 4 rings (SSSR count). The predicted molar refractivity (Wildman–Crippen MR) is 95.4 cm³/mol. The van der Waals surface area contributed by atoms with Crippen molar-refractivity contribution in [3.63, 3.8) is 0 Å². The lowest BCUT2D eigenvalue weighted by Crippen LogP contribution is -2.12. The van der Waals surface area contributed by atoms with Crippen LogP contribution in [0.25, 0.3) is 11.3 Å². The largest absolute Gasteiger partial charge is 0.435 e. The van der Waals surface area contributed by atoms with Crippen LogP contribution in [0.5, 0.6) is 5.75 Å². The Balaban J connectivity index is 1.51. The first-order valence-electron chi connectivity index (χ1n) is 8.30. The zero-order valence-electron chi connectivity index (χ0n) is 14.2. The van der Waals surface area contributed by atoms with Gasteiger partial charge in [0.1, 0.15) is 11.3 Å². The predicted octanol–water partition coefficient (Wildman–Crippen LogP) is 4.84. The molecule has 6 nitrogen and oxygen atoms in total. The number of hydrogen-bond acceptors (Lipinski definition) is 6. The molecule has 0 saturated heterocycles. The van der Waals surface area contributed by atoms with Crippen LogP contribution in [0.3, 0.4) is 0 Å². The van der Waals surface area contributed by atoms with Crippen LogP contribution in [-0.2, 0) is 0 Å². The molecule has 2 heterocycles. The molecule has 2 aromatic heterocycles. The number of rotatable bonds is 6. The highest BCUT2D eigenvalue weighted by Crippen LogP contribution is 2.41. The average molecular weight is 391 g/mol. The topological polar surface area (TPSA) is 77.3 Å². The Bertz CT molecular complexity index is 965. The van der Waals surface area contributed by atoms with Crippen molar-refractivity contribution in [3.05, 3.63) is 46.7 Å². The van der Waals surface area contributed by atoms with Crippen LogP contribution < -0.4 is 10.1 Å². The number of ether oxygens (including phenoxy) is 1. The van der Waals surface area contributed by atoms with Crippen molar-refractivity contribution in [2.24, 2.45) is 0 Å². The fourth-order valence-electron chi connectivity index (χ4n) is 2.74. The van der Waals surface area contributed by atoms with Gasteiger partial charge < -0.3 is 9.26 Å². The molecule has 9 heteroatoms. The van der Waals surface area contributed by atoms with Gasteiger partial charge in [0.25, 0.3) is 5.91 Å². The van der Waals surface area contributed by atoms with E-state index in [4.69, 9.17) is 4.52 Å². The Kier molecular flexibility index (Phi) is 4.61. The van der Waals surface area contributed by atoms with E-state index in [-0.39, 0.29) is 17.6 Å². The molecule has 0 bridgehead atoms. The van der Waals surface area contributed by atoms with Crippen LogP contribution in [0.1, 0.15) is 39.8 Å². The van der Waals surface area contributed by atoms with E-state index in [1.165, 1.54) is 29.7 Å². The highest BCUT2D eigenvalue weighted by molar-refractivity contribution is 7.16. The number of nitrogens with zero attached hydrogens (tertiary/aromatic N) is 2. The number of nitrogens with one attached hydrogen (secondary N) is 1. The van der Waals surface area contributed by atoms with Gasteiger partial charge in [-0.2, -0.15) is 8.78 Å². The van der Waals surface area contributed by atoms with Crippen LogP contribution >= 0.6 is 11.3 Å². The summed E-state index contributed by atoms with van der Waals surface area (Å²) < 4.78 is 34.0. The first kappa shape index (κ1) is 17.6. The fourth-order valence-corrected chi connectivity index (χ4v) is 3.57. The second-order valence-corrected chi connectivity index (χ2v) is 7.36. The van der Waals surface area contributed by atoms with E-state index in [2.05, 4.69) is 20.2 Å². The molecule has 3 aromatic rings. The van der Waals surface area contributed by atoms with E-state index in [0.29, 0.717) is 22.1 Å². The Morgan fingerprint density at radius 2 is 2.07 bits per heavy atom. The number of halogens is 2. The molecule has 1 aliphatic rings. The van der Waals surface area contributed by atoms with Gasteiger partial charge in [0.15, 0.2) is 10.9 Å². The van der Waals surface area contributed by atoms with Crippen molar-refractivity contribution in [2.75, 3.05) is 5.32 Å². The summed E-state index contributed by atoms with van der Waals surface area (Å²) in [5.74, 6) is 0.667. The molecule has 0 atom stereocenters. The van der Waals surface area contributed by atoms with Gasteiger partial charge in [-0.3, -0.25) is 10.1 Å². The maximum Gasteiger partial charge on any atom is 0.387 e. The first-order chi connectivity index (χ1) is 13.0. The van der Waals surface area contributed by atoms with E-state index >= 15 is 0 Å². The summed E-state index contributed by atoms with van der Waals surface area (Å²) in [6, 6.07) is 6.21. The number of anilines is 1. The minimum Gasteiger partial charge on any atom is -0.435 e. The smallest absolute Gasteiger partial charge is 0.387 e. The van der Waals surface area contributed by atoms with E-state index in [9.17, 15) is 13.6 Å². The molecule has 1 saturated carbocycles. The molecule has 0 unspecified atom stereocenters. The summed E-state index contributed by atoms with van der Waals surface area (Å²) in [6.07, 6.45) is 3.43. The van der Waals surface area contributed by atoms with Gasteiger partial charge in [-0.05, 0) is 44.0 Å². The maximum atomic E-state index is 12.5. The molecule has 1 aromatic carbocycles. The molecule has 27 heavy (non-hydrogen) atoms. The van der Waals surface area contributed by atoms with E-state index in [1.54, 1.807) is 12.1 Å². The zero-order valence-corrected chi connectivity index (χ0v) is 15.1. The molecule has 0 spiro atoms. The van der Waals surface area contributed by atoms with Crippen LogP contribution in [0, 0.1) is 6.92 Å². The van der Waals surface area contributed by atoms with E-state index in [1.807, 2.05) is 6.92 Å². The summed E-state index contributed by atoms with van der Waals surface area (Å²) in [5.41, 5.74) is 1.85. The number of aromatic nitrogens is 2. The van der Waals surface area contributed by atoms with Gasteiger partial charge in [-0.25, -0.2) is 4.98 Å². The Hall–Kier alpha value is -2.81. The van der Waals surface area contributed by atoms with Crippen molar-refractivity contribution in [3.8, 4) is 17.0 Å². The van der Waals surface area contributed by atoms with Crippen molar-refractivity contribution < 1.29 is 22.8 Å². The monoisotopic (exact) mass is 391 g/mol. The summed E-state index contributed by atoms with van der Waals surface area (Å²) in [5, 5.41) is 6.96. The number of carbonyl (C=O) groups is 1. The van der Waals surface area contributed by atoms with Crippen LogP contribution in [0.2, 0.25) is 0 Å². The molecule has 0 aliphatic heterocycles. The number of carbonyl (C=O) groups excluding carboxylic acids is 1. The lowest BCUT2D eigenvalue weighted by Gasteiger charge is -2.05. The minimum absolute atomic E-state index is 0.0789. The standard InChI is InChI=1S/C18H15F2N3O3S/c1-9-14(10-4-6-12(7-5-10)25-17(19)20)22-18(27-9)23-16(24)13-8-21-26-15(13)11-2-3-11/h4-8,11,17H,2-3H2,1H3,(H,22,23,24). The number of thiazole rings is 1. The highest BCUT2D eigenvalue weighted by atomic mass is 32.1. The summed E-state index contributed by atoms with van der Waals surface area (Å²) in [4.78, 5) is 17.8. The van der Waals surface area contributed by atoms with Gasteiger partial charge in [0, 0.05) is 16.4 Å². The van der Waals surface area contributed by atoms with Gasteiger partial charge in [-0.15, -0.1) is 11.3 Å². The lowest BCUT2D eigenvalue weighted by atomic mass is 10.1. The molecular weight excluding hydrogens is 376 g/mol. The SMILES string of the molecule is Cc1sc(NC(=O)c2cnoc2C2CC2)nc1-c1ccc(OC(F)F)cc1. The van der Waals surface area contributed by atoms with Gasteiger partial charge in [-0.1, -0.05) is 5.16 Å². The van der Waals surface area contributed by atoms with Crippen LogP contribution in [-0.4, -0.2) is 22.7 Å². The summed E-state index contributed by atoms with van der Waals surface area (Å²) >= 11 is 1.33. The molecule has 1 aliphatic carbocycles. The molecule has 1 fully saturated rings. The third kappa shape index (κ3) is 3.82. The zero-order chi connectivity index (χ0) is 19.0.